The fraction of sp³-hybridized carbons (Fsp3) is 0.310. The molecule has 1 fully saturated rings. The second-order valence-electron chi connectivity index (χ2n) is 8.93. The van der Waals surface area contributed by atoms with Crippen LogP contribution < -0.4 is 14.2 Å². The van der Waals surface area contributed by atoms with Crippen molar-refractivity contribution in [2.24, 2.45) is 5.92 Å². The molecular weight excluding hydrogens is 461 g/mol. The van der Waals surface area contributed by atoms with Gasteiger partial charge >= 0.3 is 5.97 Å². The Kier molecular flexibility index (Phi) is 6.51. The number of halogens is 1. The zero-order valence-corrected chi connectivity index (χ0v) is 20.1. The molecule has 6 nitrogen and oxygen atoms in total. The summed E-state index contributed by atoms with van der Waals surface area (Å²) in [6.45, 7) is 2.20. The van der Waals surface area contributed by atoms with Crippen LogP contribution in [-0.4, -0.2) is 19.7 Å². The first-order valence-corrected chi connectivity index (χ1v) is 12.0. The quantitative estimate of drug-likeness (QED) is 0.351. The van der Waals surface area contributed by atoms with Crippen molar-refractivity contribution in [1.82, 2.24) is 0 Å². The summed E-state index contributed by atoms with van der Waals surface area (Å²) in [5, 5.41) is 9.19. The second-order valence-corrected chi connectivity index (χ2v) is 8.93. The van der Waals surface area contributed by atoms with Crippen LogP contribution in [0, 0.1) is 23.1 Å². The molecule has 2 aliphatic carbocycles. The molecule has 36 heavy (non-hydrogen) atoms. The minimum Gasteiger partial charge on any atom is -0.495 e. The molecule has 1 saturated carbocycles. The number of hydrogen-bond donors (Lipinski definition) is 0. The molecule has 0 heterocycles. The number of benzene rings is 3. The molecule has 0 spiro atoms. The van der Waals surface area contributed by atoms with Gasteiger partial charge in [0.15, 0.2) is 0 Å². The smallest absolute Gasteiger partial charge is 0.309 e. The molecule has 0 N–H and O–H groups in total. The van der Waals surface area contributed by atoms with Crippen LogP contribution in [0.2, 0.25) is 0 Å². The average molecular weight is 488 g/mol. The number of carbonyl (C=O) groups is 1. The number of ether oxygens (including phenoxy) is 4. The van der Waals surface area contributed by atoms with E-state index in [9.17, 15) is 14.4 Å². The van der Waals surface area contributed by atoms with Crippen molar-refractivity contribution in [1.29, 1.82) is 5.26 Å². The van der Waals surface area contributed by atoms with Crippen LogP contribution in [0.15, 0.2) is 54.6 Å². The highest BCUT2D eigenvalue weighted by Crippen LogP contribution is 2.49. The van der Waals surface area contributed by atoms with Crippen molar-refractivity contribution in [3.05, 3.63) is 82.7 Å². The summed E-state index contributed by atoms with van der Waals surface area (Å²) in [6, 6.07) is 17.7. The Balaban J connectivity index is 1.30. The van der Waals surface area contributed by atoms with E-state index in [1.165, 1.54) is 13.2 Å². The van der Waals surface area contributed by atoms with Gasteiger partial charge in [0.25, 0.3) is 0 Å². The molecule has 0 saturated heterocycles. The van der Waals surface area contributed by atoms with Gasteiger partial charge in [0.2, 0.25) is 0 Å². The summed E-state index contributed by atoms with van der Waals surface area (Å²) in [7, 11) is 1.49. The molecular formula is C29H26FNO5. The summed E-state index contributed by atoms with van der Waals surface area (Å²) >= 11 is 0. The summed E-state index contributed by atoms with van der Waals surface area (Å²) in [5.74, 6) is 1.76. The van der Waals surface area contributed by atoms with Gasteiger partial charge in [-0.1, -0.05) is 12.1 Å². The van der Waals surface area contributed by atoms with Crippen LogP contribution in [0.3, 0.4) is 0 Å². The van der Waals surface area contributed by atoms with E-state index in [-0.39, 0.29) is 23.6 Å². The Bertz CT molecular complexity index is 1330. The van der Waals surface area contributed by atoms with Crippen LogP contribution in [0.4, 0.5) is 4.39 Å². The molecule has 0 aromatic heterocycles. The molecule has 0 bridgehead atoms. The van der Waals surface area contributed by atoms with Gasteiger partial charge in [0.1, 0.15) is 41.0 Å². The number of hydrogen-bond acceptors (Lipinski definition) is 6. The molecule has 3 aromatic rings. The second kappa shape index (κ2) is 9.90. The highest BCUT2D eigenvalue weighted by molar-refractivity contribution is 5.77. The van der Waals surface area contributed by atoms with Crippen LogP contribution in [0.25, 0.3) is 0 Å². The number of esters is 1. The lowest BCUT2D eigenvalue weighted by molar-refractivity contribution is -0.144. The monoisotopic (exact) mass is 487 g/mol. The fourth-order valence-electron chi connectivity index (χ4n) is 4.84. The maximum Gasteiger partial charge on any atom is 0.309 e. The SMILES string of the molecule is CCOC(=O)[C@H]1C[C@@H]1c1ccc(O[C@@H]2CCc3c(Oc4ccc(C#N)c(OC)c4)ccc(F)c32)cc1. The summed E-state index contributed by atoms with van der Waals surface area (Å²) in [4.78, 5) is 11.9. The molecule has 0 aliphatic heterocycles. The number of fused-ring (bicyclic) bond motifs is 1. The van der Waals surface area contributed by atoms with Crippen LogP contribution in [-0.2, 0) is 16.0 Å². The topological polar surface area (TPSA) is 77.8 Å². The Morgan fingerprint density at radius 2 is 1.86 bits per heavy atom. The lowest BCUT2D eigenvalue weighted by Crippen LogP contribution is -2.07. The van der Waals surface area contributed by atoms with Crippen molar-refractivity contribution < 1.29 is 28.1 Å². The highest BCUT2D eigenvalue weighted by Gasteiger charge is 2.45. The van der Waals surface area contributed by atoms with E-state index in [1.807, 2.05) is 31.2 Å². The van der Waals surface area contributed by atoms with E-state index in [1.54, 1.807) is 24.3 Å². The van der Waals surface area contributed by atoms with E-state index in [0.717, 1.165) is 17.5 Å². The van der Waals surface area contributed by atoms with Crippen molar-refractivity contribution in [3.8, 4) is 29.1 Å². The first kappa shape index (κ1) is 23.7. The molecule has 184 valence electrons. The summed E-state index contributed by atoms with van der Waals surface area (Å²) in [6.07, 6.45) is 1.60. The highest BCUT2D eigenvalue weighted by atomic mass is 19.1. The largest absolute Gasteiger partial charge is 0.495 e. The normalized spacial score (nSPS) is 19.7. The Hall–Kier alpha value is -4.05. The van der Waals surface area contributed by atoms with E-state index < -0.39 is 6.10 Å². The minimum absolute atomic E-state index is 0.0676. The van der Waals surface area contributed by atoms with Gasteiger partial charge in [-0.3, -0.25) is 4.79 Å². The van der Waals surface area contributed by atoms with Crippen molar-refractivity contribution in [2.75, 3.05) is 13.7 Å². The Morgan fingerprint density at radius 1 is 1.08 bits per heavy atom. The molecule has 7 heteroatoms. The van der Waals surface area contributed by atoms with Crippen molar-refractivity contribution in [2.45, 2.75) is 38.2 Å². The number of nitrogens with zero attached hydrogens (tertiary/aromatic N) is 1. The third kappa shape index (κ3) is 4.59. The van der Waals surface area contributed by atoms with E-state index >= 15 is 0 Å². The third-order valence-electron chi connectivity index (χ3n) is 6.73. The number of methoxy groups -OCH3 is 1. The Morgan fingerprint density at radius 3 is 2.58 bits per heavy atom. The van der Waals surface area contributed by atoms with Gasteiger partial charge in [-0.25, -0.2) is 4.39 Å². The van der Waals surface area contributed by atoms with Crippen molar-refractivity contribution >= 4 is 5.97 Å². The van der Waals surface area contributed by atoms with E-state index in [2.05, 4.69) is 6.07 Å². The first-order chi connectivity index (χ1) is 17.5. The zero-order chi connectivity index (χ0) is 25.2. The maximum absolute atomic E-state index is 14.9. The number of nitriles is 1. The molecule has 0 radical (unpaired) electrons. The lowest BCUT2D eigenvalue weighted by Gasteiger charge is -2.17. The third-order valence-corrected chi connectivity index (χ3v) is 6.73. The van der Waals surface area contributed by atoms with E-state index in [0.29, 0.717) is 53.6 Å². The average Bonchev–Trinajstić information content (AvgIpc) is 3.59. The summed E-state index contributed by atoms with van der Waals surface area (Å²) < 4.78 is 37.5. The first-order valence-electron chi connectivity index (χ1n) is 12.0. The predicted molar refractivity (Wildman–Crippen MR) is 130 cm³/mol. The van der Waals surface area contributed by atoms with Gasteiger partial charge in [-0.05, 0) is 74.1 Å². The van der Waals surface area contributed by atoms with Gasteiger partial charge in [0, 0.05) is 17.2 Å². The molecule has 3 atom stereocenters. The van der Waals surface area contributed by atoms with Crippen LogP contribution >= 0.6 is 0 Å². The van der Waals surface area contributed by atoms with Crippen LogP contribution in [0.1, 0.15) is 54.0 Å². The van der Waals surface area contributed by atoms with Gasteiger partial charge in [-0.2, -0.15) is 5.26 Å². The molecule has 5 rings (SSSR count). The molecule has 0 unspecified atom stereocenters. The zero-order valence-electron chi connectivity index (χ0n) is 20.1. The standard InChI is InChI=1S/C29H26FNO5/c1-3-34-29(32)23-15-22(23)17-4-7-19(8-5-17)35-26-12-10-21-25(13-11-24(30)28(21)26)36-20-9-6-18(16-31)27(14-20)33-2/h4-9,11,13-14,22-23,26H,3,10,12,15H2,1-2H3/t22-,23+,26-/m1/s1. The van der Waals surface area contributed by atoms with Gasteiger partial charge in [0.05, 0.1) is 25.2 Å². The van der Waals surface area contributed by atoms with Crippen molar-refractivity contribution in [3.63, 3.8) is 0 Å². The van der Waals surface area contributed by atoms with Gasteiger partial charge in [-0.15, -0.1) is 0 Å². The van der Waals surface area contributed by atoms with Gasteiger partial charge < -0.3 is 18.9 Å². The lowest BCUT2D eigenvalue weighted by atomic mass is 10.1. The summed E-state index contributed by atoms with van der Waals surface area (Å²) in [5.41, 5.74) is 2.76. The maximum atomic E-state index is 14.9. The Labute approximate surface area is 209 Å². The van der Waals surface area contributed by atoms with E-state index in [4.69, 9.17) is 18.9 Å². The minimum atomic E-state index is -0.432. The predicted octanol–water partition coefficient (Wildman–Crippen LogP) is 6.23. The molecule has 0 amide bonds. The number of rotatable bonds is 8. The van der Waals surface area contributed by atoms with Crippen LogP contribution in [0.5, 0.6) is 23.0 Å². The molecule has 3 aromatic carbocycles. The number of carbonyl (C=O) groups excluding carboxylic acids is 1. The molecule has 2 aliphatic rings. The fourth-order valence-corrected chi connectivity index (χ4v) is 4.84.